The van der Waals surface area contributed by atoms with E-state index in [0.717, 1.165) is 31.3 Å². The van der Waals surface area contributed by atoms with Crippen LogP contribution in [0, 0.1) is 11.8 Å². The zero-order valence-electron chi connectivity index (χ0n) is 17.1. The lowest BCUT2D eigenvalue weighted by molar-refractivity contribution is -0.137. The Morgan fingerprint density at radius 1 is 1.16 bits per heavy atom. The first-order valence-electron chi connectivity index (χ1n) is 10.3. The monoisotopic (exact) mass is 442 g/mol. The van der Waals surface area contributed by atoms with E-state index in [0.29, 0.717) is 12.8 Å². The number of ether oxygens (including phenoxy) is 1. The van der Waals surface area contributed by atoms with Gasteiger partial charge in [0.05, 0.1) is 17.8 Å². The van der Waals surface area contributed by atoms with Crippen LogP contribution in [0.2, 0.25) is 0 Å². The molecule has 0 unspecified atom stereocenters. The van der Waals surface area contributed by atoms with Crippen LogP contribution >= 0.6 is 0 Å². The standard InChI is InChI=1S/C23H29F3O5/c24-23(25,26)16-7-6-8-18(13-16)31-15-17(28)10-11-20-19(21(29)14-22(20)30)9-4-2-1-3-5-12-27/h2,4,6-8,10-13,17,19-22,28-30H,1,3,5,9,14-15H2/b4-2-,11-10+/t17-,19-,20-,21+,22-/m1/s1. The minimum atomic E-state index is -4.48. The van der Waals surface area contributed by atoms with Gasteiger partial charge in [-0.2, -0.15) is 13.2 Å². The average molecular weight is 442 g/mol. The number of carbonyl (C=O) groups is 1. The Labute approximate surface area is 179 Å². The molecule has 8 heteroatoms. The van der Waals surface area contributed by atoms with Crippen LogP contribution in [0.25, 0.3) is 0 Å². The highest BCUT2D eigenvalue weighted by atomic mass is 19.4. The van der Waals surface area contributed by atoms with Gasteiger partial charge in [-0.3, -0.25) is 0 Å². The first-order chi connectivity index (χ1) is 14.7. The van der Waals surface area contributed by atoms with Crippen LogP contribution in [0.1, 0.15) is 37.7 Å². The maximum absolute atomic E-state index is 12.8. The summed E-state index contributed by atoms with van der Waals surface area (Å²) in [7, 11) is 0. The summed E-state index contributed by atoms with van der Waals surface area (Å²) in [5.74, 6) is -0.584. The molecule has 0 radical (unpaired) electrons. The zero-order valence-corrected chi connectivity index (χ0v) is 17.1. The minimum Gasteiger partial charge on any atom is -0.491 e. The van der Waals surface area contributed by atoms with E-state index in [2.05, 4.69) is 0 Å². The highest BCUT2D eigenvalue weighted by molar-refractivity contribution is 5.49. The number of aliphatic hydroxyl groups excluding tert-OH is 3. The van der Waals surface area contributed by atoms with Crippen molar-refractivity contribution in [3.05, 3.63) is 54.1 Å². The molecule has 0 aromatic heterocycles. The third-order valence-electron chi connectivity index (χ3n) is 5.32. The SMILES string of the molecule is O=CCCC/C=C\C[C@@H]1[C@@H](/C=C/[C@@H](O)COc2cccc(C(F)(F)F)c2)[C@H](O)C[C@@H]1O. The molecular weight excluding hydrogens is 413 g/mol. The lowest BCUT2D eigenvalue weighted by Crippen LogP contribution is -2.21. The van der Waals surface area contributed by atoms with E-state index in [1.54, 1.807) is 6.08 Å². The molecule has 172 valence electrons. The third kappa shape index (κ3) is 8.12. The molecule has 1 aromatic carbocycles. The van der Waals surface area contributed by atoms with Crippen LogP contribution in [0.5, 0.6) is 5.75 Å². The molecule has 2 rings (SSSR count). The van der Waals surface area contributed by atoms with Gasteiger partial charge in [0.2, 0.25) is 0 Å². The molecule has 1 fully saturated rings. The molecule has 31 heavy (non-hydrogen) atoms. The lowest BCUT2D eigenvalue weighted by atomic mass is 9.89. The lowest BCUT2D eigenvalue weighted by Gasteiger charge is -2.19. The quantitative estimate of drug-likeness (QED) is 0.277. The number of alkyl halides is 3. The summed E-state index contributed by atoms with van der Waals surface area (Å²) in [6.07, 6.45) is 3.60. The zero-order chi connectivity index (χ0) is 22.9. The minimum absolute atomic E-state index is 0.00353. The van der Waals surface area contributed by atoms with Gasteiger partial charge in [-0.15, -0.1) is 0 Å². The van der Waals surface area contributed by atoms with Gasteiger partial charge in [0.15, 0.2) is 0 Å². The van der Waals surface area contributed by atoms with Gasteiger partial charge < -0.3 is 24.9 Å². The van der Waals surface area contributed by atoms with Gasteiger partial charge in [-0.05, 0) is 43.4 Å². The van der Waals surface area contributed by atoms with Crippen molar-refractivity contribution in [2.45, 2.75) is 56.6 Å². The van der Waals surface area contributed by atoms with Crippen LogP contribution in [0.4, 0.5) is 13.2 Å². The molecule has 0 spiro atoms. The molecule has 1 aromatic rings. The van der Waals surface area contributed by atoms with E-state index in [-0.39, 0.29) is 30.6 Å². The van der Waals surface area contributed by atoms with E-state index >= 15 is 0 Å². The topological polar surface area (TPSA) is 87.0 Å². The Morgan fingerprint density at radius 2 is 1.94 bits per heavy atom. The fraction of sp³-hybridized carbons (Fsp3) is 0.522. The molecule has 5 atom stereocenters. The Kier molecular flexibility index (Phi) is 9.74. The number of carbonyl (C=O) groups excluding carboxylic acids is 1. The highest BCUT2D eigenvalue weighted by Crippen LogP contribution is 2.36. The van der Waals surface area contributed by atoms with Gasteiger partial charge >= 0.3 is 6.18 Å². The summed E-state index contributed by atoms with van der Waals surface area (Å²) in [5, 5.41) is 30.6. The number of hydrogen-bond donors (Lipinski definition) is 3. The van der Waals surface area contributed by atoms with E-state index in [9.17, 15) is 33.3 Å². The third-order valence-corrected chi connectivity index (χ3v) is 5.32. The van der Waals surface area contributed by atoms with Crippen molar-refractivity contribution in [1.29, 1.82) is 0 Å². The molecule has 1 aliphatic rings. The summed E-state index contributed by atoms with van der Waals surface area (Å²) < 4.78 is 43.5. The summed E-state index contributed by atoms with van der Waals surface area (Å²) in [4.78, 5) is 10.3. The van der Waals surface area contributed by atoms with Gasteiger partial charge in [0.25, 0.3) is 0 Å². The van der Waals surface area contributed by atoms with Crippen molar-refractivity contribution in [3.63, 3.8) is 0 Å². The number of halogens is 3. The Bertz CT molecular complexity index is 747. The molecule has 0 bridgehead atoms. The summed E-state index contributed by atoms with van der Waals surface area (Å²) >= 11 is 0. The van der Waals surface area contributed by atoms with Crippen molar-refractivity contribution in [2.75, 3.05) is 6.61 Å². The molecule has 0 aliphatic heterocycles. The summed E-state index contributed by atoms with van der Waals surface area (Å²) in [6, 6.07) is 4.41. The smallest absolute Gasteiger partial charge is 0.416 e. The van der Waals surface area contributed by atoms with Crippen molar-refractivity contribution in [1.82, 2.24) is 0 Å². The van der Waals surface area contributed by atoms with Crippen LogP contribution < -0.4 is 4.74 Å². The fourth-order valence-corrected chi connectivity index (χ4v) is 3.65. The number of aliphatic hydroxyl groups is 3. The normalized spacial score (nSPS) is 25.4. The van der Waals surface area contributed by atoms with Gasteiger partial charge in [0.1, 0.15) is 24.7 Å². The second kappa shape index (κ2) is 12.0. The van der Waals surface area contributed by atoms with E-state index < -0.39 is 30.1 Å². The maximum Gasteiger partial charge on any atom is 0.416 e. The van der Waals surface area contributed by atoms with Crippen LogP contribution in [0.3, 0.4) is 0 Å². The van der Waals surface area contributed by atoms with E-state index in [1.165, 1.54) is 18.2 Å². The fourth-order valence-electron chi connectivity index (χ4n) is 3.65. The highest BCUT2D eigenvalue weighted by Gasteiger charge is 2.39. The Hall–Kier alpha value is -2.16. The van der Waals surface area contributed by atoms with Gasteiger partial charge in [-0.1, -0.05) is 30.4 Å². The van der Waals surface area contributed by atoms with Gasteiger partial charge in [-0.25, -0.2) is 0 Å². The Morgan fingerprint density at radius 3 is 2.65 bits per heavy atom. The Balaban J connectivity index is 1.88. The van der Waals surface area contributed by atoms with Crippen molar-refractivity contribution >= 4 is 6.29 Å². The average Bonchev–Trinajstić information content (AvgIpc) is 2.99. The predicted molar refractivity (Wildman–Crippen MR) is 109 cm³/mol. The predicted octanol–water partition coefficient (Wildman–Crippen LogP) is 3.67. The number of benzene rings is 1. The molecule has 1 saturated carbocycles. The summed E-state index contributed by atoms with van der Waals surface area (Å²) in [6.45, 7) is -0.246. The first kappa shape index (κ1) is 25.1. The van der Waals surface area contributed by atoms with Crippen molar-refractivity contribution in [2.24, 2.45) is 11.8 Å². The second-order valence-corrected chi connectivity index (χ2v) is 7.71. The molecule has 0 amide bonds. The van der Waals surface area contributed by atoms with Crippen LogP contribution in [-0.2, 0) is 11.0 Å². The molecule has 0 heterocycles. The molecular formula is C23H29F3O5. The van der Waals surface area contributed by atoms with Gasteiger partial charge in [0, 0.05) is 18.8 Å². The maximum atomic E-state index is 12.8. The van der Waals surface area contributed by atoms with Crippen LogP contribution in [0.15, 0.2) is 48.6 Å². The molecule has 0 saturated heterocycles. The van der Waals surface area contributed by atoms with Crippen LogP contribution in [-0.4, -0.2) is 46.5 Å². The summed E-state index contributed by atoms with van der Waals surface area (Å²) in [5.41, 5.74) is -0.833. The number of hydrogen-bond acceptors (Lipinski definition) is 5. The number of rotatable bonds is 11. The number of aldehydes is 1. The number of unbranched alkanes of at least 4 members (excludes halogenated alkanes) is 2. The molecule has 1 aliphatic carbocycles. The largest absolute Gasteiger partial charge is 0.491 e. The van der Waals surface area contributed by atoms with E-state index in [4.69, 9.17) is 4.74 Å². The second-order valence-electron chi connectivity index (χ2n) is 7.71. The molecule has 5 nitrogen and oxygen atoms in total. The number of allylic oxidation sites excluding steroid dienone is 2. The first-order valence-corrected chi connectivity index (χ1v) is 10.3. The van der Waals surface area contributed by atoms with E-state index in [1.807, 2.05) is 12.2 Å². The van der Waals surface area contributed by atoms with Crippen molar-refractivity contribution in [3.8, 4) is 5.75 Å². The molecule has 3 N–H and O–H groups in total. The van der Waals surface area contributed by atoms with Crippen molar-refractivity contribution < 1.29 is 38.0 Å².